The van der Waals surface area contributed by atoms with Crippen molar-refractivity contribution in [1.82, 2.24) is 5.32 Å². The molecule has 0 aliphatic heterocycles. The molecule has 0 saturated heterocycles. The van der Waals surface area contributed by atoms with E-state index in [0.717, 1.165) is 5.75 Å². The van der Waals surface area contributed by atoms with E-state index in [4.69, 9.17) is 4.74 Å². The second-order valence-electron chi connectivity index (χ2n) is 5.06. The summed E-state index contributed by atoms with van der Waals surface area (Å²) in [7, 11) is 3.69. The Labute approximate surface area is 125 Å². The Morgan fingerprint density at radius 2 is 1.57 bits per heavy atom. The molecular weight excluding hydrogens is 258 g/mol. The van der Waals surface area contributed by atoms with Crippen molar-refractivity contribution in [2.45, 2.75) is 6.04 Å². The fourth-order valence-corrected chi connectivity index (χ4v) is 2.80. The van der Waals surface area contributed by atoms with Crippen LogP contribution in [-0.2, 0) is 0 Å². The molecule has 0 heterocycles. The van der Waals surface area contributed by atoms with Gasteiger partial charge in [0.25, 0.3) is 0 Å². The Kier molecular flexibility index (Phi) is 3.89. The minimum atomic E-state index is 0.169. The molecular formula is C19H19NO. The molecule has 2 nitrogen and oxygen atoms in total. The van der Waals surface area contributed by atoms with Gasteiger partial charge in [0.2, 0.25) is 0 Å². The third kappa shape index (κ3) is 2.63. The van der Waals surface area contributed by atoms with Gasteiger partial charge in [-0.15, -0.1) is 0 Å². The summed E-state index contributed by atoms with van der Waals surface area (Å²) < 4.78 is 5.24. The number of fused-ring (bicyclic) bond motifs is 1. The van der Waals surface area contributed by atoms with Gasteiger partial charge in [-0.05, 0) is 41.1 Å². The molecule has 0 aliphatic carbocycles. The maximum atomic E-state index is 5.24. The van der Waals surface area contributed by atoms with Crippen LogP contribution in [0.25, 0.3) is 10.8 Å². The van der Waals surface area contributed by atoms with E-state index < -0.39 is 0 Å². The summed E-state index contributed by atoms with van der Waals surface area (Å²) in [6, 6.07) is 23.4. The molecule has 106 valence electrons. The molecule has 0 bridgehead atoms. The average Bonchev–Trinajstić information content (AvgIpc) is 2.56. The first-order chi connectivity index (χ1) is 10.3. The summed E-state index contributed by atoms with van der Waals surface area (Å²) in [6.45, 7) is 0. The van der Waals surface area contributed by atoms with Crippen molar-refractivity contribution in [2.24, 2.45) is 0 Å². The quantitative estimate of drug-likeness (QED) is 0.773. The number of methoxy groups -OCH3 is 1. The Hall–Kier alpha value is -2.32. The lowest BCUT2D eigenvalue weighted by Gasteiger charge is -2.19. The number of benzene rings is 3. The van der Waals surface area contributed by atoms with E-state index in [1.165, 1.54) is 21.9 Å². The molecule has 1 unspecified atom stereocenters. The van der Waals surface area contributed by atoms with E-state index >= 15 is 0 Å². The highest BCUT2D eigenvalue weighted by Crippen LogP contribution is 2.29. The highest BCUT2D eigenvalue weighted by molar-refractivity contribution is 5.86. The molecule has 1 N–H and O–H groups in total. The van der Waals surface area contributed by atoms with Gasteiger partial charge in [0.1, 0.15) is 5.75 Å². The van der Waals surface area contributed by atoms with Gasteiger partial charge in [-0.3, -0.25) is 0 Å². The lowest BCUT2D eigenvalue weighted by Crippen LogP contribution is -2.17. The van der Waals surface area contributed by atoms with Crippen molar-refractivity contribution >= 4 is 10.8 Å². The summed E-state index contributed by atoms with van der Waals surface area (Å²) in [6.07, 6.45) is 0. The molecule has 0 fully saturated rings. The number of ether oxygens (including phenoxy) is 1. The van der Waals surface area contributed by atoms with Crippen molar-refractivity contribution in [3.8, 4) is 5.75 Å². The van der Waals surface area contributed by atoms with Gasteiger partial charge < -0.3 is 10.1 Å². The van der Waals surface area contributed by atoms with E-state index in [0.29, 0.717) is 0 Å². The largest absolute Gasteiger partial charge is 0.497 e. The molecule has 3 rings (SSSR count). The predicted molar refractivity (Wildman–Crippen MR) is 87.8 cm³/mol. The van der Waals surface area contributed by atoms with Crippen LogP contribution in [0.5, 0.6) is 5.75 Å². The average molecular weight is 277 g/mol. The highest BCUT2D eigenvalue weighted by Gasteiger charge is 2.14. The Balaban J connectivity index is 2.09. The maximum Gasteiger partial charge on any atom is 0.118 e. The number of hydrogen-bond acceptors (Lipinski definition) is 2. The third-order valence-electron chi connectivity index (χ3n) is 3.87. The van der Waals surface area contributed by atoms with E-state index in [1.807, 2.05) is 19.2 Å². The van der Waals surface area contributed by atoms with E-state index in [9.17, 15) is 0 Å². The van der Waals surface area contributed by atoms with Gasteiger partial charge in [-0.25, -0.2) is 0 Å². The van der Waals surface area contributed by atoms with Gasteiger partial charge in [-0.2, -0.15) is 0 Å². The van der Waals surface area contributed by atoms with Crippen LogP contribution in [0.15, 0.2) is 66.7 Å². The van der Waals surface area contributed by atoms with Gasteiger partial charge in [0.05, 0.1) is 13.2 Å². The zero-order valence-electron chi connectivity index (χ0n) is 12.3. The third-order valence-corrected chi connectivity index (χ3v) is 3.87. The Morgan fingerprint density at radius 3 is 2.29 bits per heavy atom. The smallest absolute Gasteiger partial charge is 0.118 e. The lowest BCUT2D eigenvalue weighted by atomic mass is 9.94. The van der Waals surface area contributed by atoms with Gasteiger partial charge in [0.15, 0.2) is 0 Å². The van der Waals surface area contributed by atoms with E-state index in [1.54, 1.807) is 7.11 Å². The topological polar surface area (TPSA) is 21.3 Å². The van der Waals surface area contributed by atoms with Crippen LogP contribution >= 0.6 is 0 Å². The summed E-state index contributed by atoms with van der Waals surface area (Å²) >= 11 is 0. The zero-order valence-corrected chi connectivity index (χ0v) is 12.3. The summed E-state index contributed by atoms with van der Waals surface area (Å²) in [5.41, 5.74) is 2.52. The number of nitrogens with one attached hydrogen (secondary N) is 1. The normalized spacial score (nSPS) is 12.3. The molecule has 3 aromatic carbocycles. The van der Waals surface area contributed by atoms with Crippen molar-refractivity contribution in [3.63, 3.8) is 0 Å². The molecule has 2 heteroatoms. The highest BCUT2D eigenvalue weighted by atomic mass is 16.5. The zero-order chi connectivity index (χ0) is 14.7. The van der Waals surface area contributed by atoms with Crippen LogP contribution in [-0.4, -0.2) is 14.2 Å². The minimum Gasteiger partial charge on any atom is -0.497 e. The van der Waals surface area contributed by atoms with Crippen molar-refractivity contribution in [3.05, 3.63) is 77.9 Å². The van der Waals surface area contributed by atoms with Crippen molar-refractivity contribution in [2.75, 3.05) is 14.2 Å². The molecule has 0 aromatic heterocycles. The first kappa shape index (κ1) is 13.7. The van der Waals surface area contributed by atoms with Crippen LogP contribution in [0.4, 0.5) is 0 Å². The lowest BCUT2D eigenvalue weighted by molar-refractivity contribution is 0.414. The van der Waals surface area contributed by atoms with E-state index in [2.05, 4.69) is 59.9 Å². The molecule has 0 saturated carbocycles. The predicted octanol–water partition coefficient (Wildman–Crippen LogP) is 4.16. The van der Waals surface area contributed by atoms with Crippen molar-refractivity contribution < 1.29 is 4.74 Å². The monoisotopic (exact) mass is 277 g/mol. The number of rotatable bonds is 4. The number of hydrogen-bond donors (Lipinski definition) is 1. The standard InChI is InChI=1S/C19H19NO/c1-20-19(15-10-12-16(21-2)13-11-15)18-9-5-7-14-6-3-4-8-17(14)18/h3-13,19-20H,1-2H3. The van der Waals surface area contributed by atoms with Crippen LogP contribution in [0.1, 0.15) is 17.2 Å². The Bertz CT molecular complexity index is 729. The van der Waals surface area contributed by atoms with Crippen LogP contribution in [0, 0.1) is 0 Å². The Morgan fingerprint density at radius 1 is 0.857 bits per heavy atom. The van der Waals surface area contributed by atoms with Crippen molar-refractivity contribution in [1.29, 1.82) is 0 Å². The fourth-order valence-electron chi connectivity index (χ4n) is 2.80. The van der Waals surface area contributed by atoms with Crippen LogP contribution in [0.3, 0.4) is 0 Å². The summed E-state index contributed by atoms with van der Waals surface area (Å²) in [5.74, 6) is 0.881. The molecule has 21 heavy (non-hydrogen) atoms. The SMILES string of the molecule is CNC(c1ccc(OC)cc1)c1cccc2ccccc12. The van der Waals surface area contributed by atoms with Crippen LogP contribution < -0.4 is 10.1 Å². The fraction of sp³-hybridized carbons (Fsp3) is 0.158. The summed E-state index contributed by atoms with van der Waals surface area (Å²) in [4.78, 5) is 0. The minimum absolute atomic E-state index is 0.169. The van der Waals surface area contributed by atoms with Crippen LogP contribution in [0.2, 0.25) is 0 Å². The first-order valence-corrected chi connectivity index (χ1v) is 7.12. The molecule has 0 spiro atoms. The molecule has 0 radical (unpaired) electrons. The van der Waals surface area contributed by atoms with E-state index in [-0.39, 0.29) is 6.04 Å². The molecule has 3 aromatic rings. The van der Waals surface area contributed by atoms with Gasteiger partial charge >= 0.3 is 0 Å². The molecule has 0 aliphatic rings. The van der Waals surface area contributed by atoms with Gasteiger partial charge in [-0.1, -0.05) is 54.6 Å². The second-order valence-corrected chi connectivity index (χ2v) is 5.06. The molecule has 0 amide bonds. The van der Waals surface area contributed by atoms with Gasteiger partial charge in [0, 0.05) is 0 Å². The second kappa shape index (κ2) is 5.98. The summed E-state index contributed by atoms with van der Waals surface area (Å²) in [5, 5.41) is 5.98. The maximum absolute atomic E-state index is 5.24. The molecule has 1 atom stereocenters. The first-order valence-electron chi connectivity index (χ1n) is 7.12.